The Hall–Kier alpha value is -1.94. The van der Waals surface area contributed by atoms with Crippen LogP contribution in [0.15, 0.2) is 36.4 Å². The monoisotopic (exact) mass is 295 g/mol. The molecule has 2 N–H and O–H groups in total. The van der Waals surface area contributed by atoms with Gasteiger partial charge in [0.05, 0.1) is 6.61 Å². The quantitative estimate of drug-likeness (QED) is 0.869. The molecule has 20 heavy (non-hydrogen) atoms. The molecule has 5 heteroatoms. The van der Waals surface area contributed by atoms with Gasteiger partial charge in [0.15, 0.2) is 11.5 Å². The van der Waals surface area contributed by atoms with Crippen molar-refractivity contribution in [2.24, 2.45) is 0 Å². The number of aromatic hydroxyl groups is 1. The van der Waals surface area contributed by atoms with Gasteiger partial charge in [-0.15, -0.1) is 0 Å². The van der Waals surface area contributed by atoms with E-state index in [-0.39, 0.29) is 11.6 Å². The van der Waals surface area contributed by atoms with Gasteiger partial charge < -0.3 is 15.2 Å². The number of ether oxygens (including phenoxy) is 1. The number of hydrogen-bond acceptors (Lipinski definition) is 3. The van der Waals surface area contributed by atoms with E-state index in [1.54, 1.807) is 24.3 Å². The van der Waals surface area contributed by atoms with E-state index in [0.717, 1.165) is 5.56 Å². The third-order valence-corrected chi connectivity index (χ3v) is 2.90. The van der Waals surface area contributed by atoms with Crippen LogP contribution in [0.3, 0.4) is 0 Å². The summed E-state index contributed by atoms with van der Waals surface area (Å²) in [5.41, 5.74) is 1.51. The van der Waals surface area contributed by atoms with Crippen molar-refractivity contribution in [3.05, 3.63) is 52.8 Å². The number of nitrogens with one attached hydrogen (secondary N) is 1. The second kappa shape index (κ2) is 6.48. The maximum absolute atomic E-state index is 13.2. The van der Waals surface area contributed by atoms with Gasteiger partial charge >= 0.3 is 0 Å². The topological polar surface area (TPSA) is 41.5 Å². The molecule has 0 aliphatic rings. The van der Waals surface area contributed by atoms with Crippen LogP contribution in [-0.4, -0.2) is 11.7 Å². The Balaban J connectivity index is 2.08. The van der Waals surface area contributed by atoms with Gasteiger partial charge in [0.2, 0.25) is 0 Å². The molecule has 0 atom stereocenters. The summed E-state index contributed by atoms with van der Waals surface area (Å²) in [6, 6.07) is 9.35. The molecule has 0 spiro atoms. The second-order valence-corrected chi connectivity index (χ2v) is 4.68. The lowest BCUT2D eigenvalue weighted by atomic mass is 10.2. The fourth-order valence-corrected chi connectivity index (χ4v) is 2.02. The fraction of sp³-hybridized carbons (Fsp3) is 0.200. The number of halogens is 2. The van der Waals surface area contributed by atoms with Gasteiger partial charge in [-0.05, 0) is 42.8 Å². The summed E-state index contributed by atoms with van der Waals surface area (Å²) in [6.45, 7) is 2.79. The molecule has 2 aromatic carbocycles. The Morgan fingerprint density at radius 2 is 2.05 bits per heavy atom. The average molecular weight is 296 g/mol. The third-order valence-electron chi connectivity index (χ3n) is 2.68. The molecule has 0 saturated carbocycles. The van der Waals surface area contributed by atoms with Crippen LogP contribution in [0.4, 0.5) is 10.1 Å². The van der Waals surface area contributed by atoms with Crippen molar-refractivity contribution in [1.82, 2.24) is 0 Å². The smallest absolute Gasteiger partial charge is 0.161 e. The number of rotatable bonds is 5. The normalized spacial score (nSPS) is 10.3. The van der Waals surface area contributed by atoms with Crippen LogP contribution in [0.2, 0.25) is 5.02 Å². The molecule has 0 saturated heterocycles. The highest BCUT2D eigenvalue weighted by atomic mass is 35.5. The van der Waals surface area contributed by atoms with Crippen LogP contribution in [0.1, 0.15) is 12.5 Å². The van der Waals surface area contributed by atoms with E-state index in [0.29, 0.717) is 29.6 Å². The number of phenolic OH excluding ortho intramolecular Hbond substituents is 1. The molecular formula is C15H15ClFNO2. The van der Waals surface area contributed by atoms with Crippen LogP contribution in [0, 0.1) is 5.82 Å². The second-order valence-electron chi connectivity index (χ2n) is 4.25. The number of hydrogen-bond donors (Lipinski definition) is 2. The molecule has 0 aliphatic carbocycles. The van der Waals surface area contributed by atoms with Crippen molar-refractivity contribution >= 4 is 17.3 Å². The van der Waals surface area contributed by atoms with Crippen LogP contribution in [0.5, 0.6) is 11.5 Å². The summed E-state index contributed by atoms with van der Waals surface area (Å²) in [7, 11) is 0. The lowest BCUT2D eigenvalue weighted by molar-refractivity contribution is 0.318. The Morgan fingerprint density at radius 1 is 1.25 bits per heavy atom. The molecule has 0 amide bonds. The van der Waals surface area contributed by atoms with Crippen molar-refractivity contribution in [2.45, 2.75) is 13.5 Å². The lowest BCUT2D eigenvalue weighted by Crippen LogP contribution is -2.01. The molecule has 0 unspecified atom stereocenters. The van der Waals surface area contributed by atoms with E-state index in [9.17, 15) is 9.50 Å². The third kappa shape index (κ3) is 3.78. The predicted octanol–water partition coefficient (Wildman–Crippen LogP) is 4.20. The summed E-state index contributed by atoms with van der Waals surface area (Å²) in [5.74, 6) is 0.147. The molecule has 2 rings (SSSR count). The Labute approximate surface area is 122 Å². The molecule has 0 bridgehead atoms. The molecule has 0 radical (unpaired) electrons. The summed E-state index contributed by atoms with van der Waals surface area (Å²) >= 11 is 5.79. The molecule has 106 valence electrons. The van der Waals surface area contributed by atoms with E-state index < -0.39 is 0 Å². The molecular weight excluding hydrogens is 281 g/mol. The van der Waals surface area contributed by atoms with Crippen molar-refractivity contribution in [3.63, 3.8) is 0 Å². The van der Waals surface area contributed by atoms with Gasteiger partial charge in [-0.1, -0.05) is 17.7 Å². The highest BCUT2D eigenvalue weighted by Crippen LogP contribution is 2.27. The first-order valence-corrected chi connectivity index (χ1v) is 6.61. The first-order chi connectivity index (χ1) is 9.58. The summed E-state index contributed by atoms with van der Waals surface area (Å²) in [4.78, 5) is 0. The fourth-order valence-electron chi connectivity index (χ4n) is 1.80. The standard InChI is InChI=1S/C15H15ClFNO2/c1-2-20-15-5-10(3-4-14(15)19)9-18-13-7-11(16)6-12(17)8-13/h3-8,18-19H,2,9H2,1H3. The highest BCUT2D eigenvalue weighted by molar-refractivity contribution is 6.30. The van der Waals surface area contributed by atoms with Gasteiger partial charge in [-0.25, -0.2) is 4.39 Å². The van der Waals surface area contributed by atoms with Crippen molar-refractivity contribution < 1.29 is 14.2 Å². The first-order valence-electron chi connectivity index (χ1n) is 6.23. The molecule has 3 nitrogen and oxygen atoms in total. The van der Waals surface area contributed by atoms with Gasteiger partial charge in [0.25, 0.3) is 0 Å². The molecule has 0 heterocycles. The van der Waals surface area contributed by atoms with E-state index >= 15 is 0 Å². The van der Waals surface area contributed by atoms with Crippen LogP contribution >= 0.6 is 11.6 Å². The highest BCUT2D eigenvalue weighted by Gasteiger charge is 2.04. The van der Waals surface area contributed by atoms with E-state index in [4.69, 9.17) is 16.3 Å². The maximum atomic E-state index is 13.2. The zero-order valence-electron chi connectivity index (χ0n) is 11.0. The molecule has 2 aromatic rings. The SMILES string of the molecule is CCOc1cc(CNc2cc(F)cc(Cl)c2)ccc1O. The minimum absolute atomic E-state index is 0.101. The van der Waals surface area contributed by atoms with Crippen LogP contribution < -0.4 is 10.1 Å². The van der Waals surface area contributed by atoms with E-state index in [1.807, 2.05) is 6.92 Å². The molecule has 0 aliphatic heterocycles. The predicted molar refractivity (Wildman–Crippen MR) is 78.0 cm³/mol. The van der Waals surface area contributed by atoms with Crippen molar-refractivity contribution in [2.75, 3.05) is 11.9 Å². The van der Waals surface area contributed by atoms with Gasteiger partial charge in [-0.3, -0.25) is 0 Å². The van der Waals surface area contributed by atoms with E-state index in [2.05, 4.69) is 5.32 Å². The molecule has 0 aromatic heterocycles. The van der Waals surface area contributed by atoms with Gasteiger partial charge in [0, 0.05) is 17.3 Å². The minimum atomic E-state index is -0.388. The number of phenols is 1. The van der Waals surface area contributed by atoms with Crippen molar-refractivity contribution in [3.8, 4) is 11.5 Å². The van der Waals surface area contributed by atoms with Crippen molar-refractivity contribution in [1.29, 1.82) is 0 Å². The van der Waals surface area contributed by atoms with Crippen LogP contribution in [-0.2, 0) is 6.54 Å². The zero-order valence-corrected chi connectivity index (χ0v) is 11.7. The largest absolute Gasteiger partial charge is 0.504 e. The van der Waals surface area contributed by atoms with Gasteiger partial charge in [0.1, 0.15) is 5.82 Å². The lowest BCUT2D eigenvalue weighted by Gasteiger charge is -2.10. The number of anilines is 1. The average Bonchev–Trinajstić information content (AvgIpc) is 2.39. The van der Waals surface area contributed by atoms with Crippen LogP contribution in [0.25, 0.3) is 0 Å². The summed E-state index contributed by atoms with van der Waals surface area (Å²) in [5, 5.41) is 13.0. The minimum Gasteiger partial charge on any atom is -0.504 e. The zero-order chi connectivity index (χ0) is 14.5. The van der Waals surface area contributed by atoms with Gasteiger partial charge in [-0.2, -0.15) is 0 Å². The summed E-state index contributed by atoms with van der Waals surface area (Å²) < 4.78 is 18.5. The Bertz CT molecular complexity index is 584. The van der Waals surface area contributed by atoms with E-state index in [1.165, 1.54) is 12.1 Å². The maximum Gasteiger partial charge on any atom is 0.161 e. The first kappa shape index (κ1) is 14.5. The number of benzene rings is 2. The Kier molecular flexibility index (Phi) is 4.69. The Morgan fingerprint density at radius 3 is 2.75 bits per heavy atom. The molecule has 0 fully saturated rings. The summed E-state index contributed by atoms with van der Waals surface area (Å²) in [6.07, 6.45) is 0.